The normalized spacial score (nSPS) is 17.2. The Kier molecular flexibility index (Phi) is 3.23. The Hall–Kier alpha value is -2.10. The van der Waals surface area contributed by atoms with Gasteiger partial charge in [0.15, 0.2) is 6.10 Å². The lowest BCUT2D eigenvalue weighted by atomic mass is 10.4. The van der Waals surface area contributed by atoms with Crippen LogP contribution in [-0.2, 0) is 19.2 Å². The van der Waals surface area contributed by atoms with Crippen LogP contribution >= 0.6 is 0 Å². The van der Waals surface area contributed by atoms with E-state index in [0.29, 0.717) is 5.06 Å². The van der Waals surface area contributed by atoms with Crippen LogP contribution in [-0.4, -0.2) is 29.1 Å². The zero-order valence-corrected chi connectivity index (χ0v) is 7.93. The Bertz CT molecular complexity index is 329. The standard InChI is InChI=1S/C8H8N2O5/c1-5(4-9)14-8(13)15-10-6(11)2-3-7(10)12/h5H,2-3H2,1H3. The molecule has 15 heavy (non-hydrogen) atoms. The average Bonchev–Trinajstić information content (AvgIpc) is 2.49. The van der Waals surface area contributed by atoms with E-state index < -0.39 is 24.1 Å². The van der Waals surface area contributed by atoms with Crippen molar-refractivity contribution in [2.24, 2.45) is 0 Å². The molecule has 7 heteroatoms. The molecule has 2 amide bonds. The molecule has 1 saturated heterocycles. The number of nitriles is 1. The summed E-state index contributed by atoms with van der Waals surface area (Å²) in [7, 11) is 0. The first kappa shape index (κ1) is 11.0. The number of amides is 2. The largest absolute Gasteiger partial charge is 0.535 e. The Labute approximate surface area is 85.1 Å². The van der Waals surface area contributed by atoms with E-state index in [1.807, 2.05) is 0 Å². The molecule has 1 atom stereocenters. The van der Waals surface area contributed by atoms with Crippen molar-refractivity contribution in [3.8, 4) is 6.07 Å². The molecule has 0 N–H and O–H groups in total. The van der Waals surface area contributed by atoms with Gasteiger partial charge in [-0.2, -0.15) is 5.26 Å². The van der Waals surface area contributed by atoms with Crippen LogP contribution in [0.25, 0.3) is 0 Å². The van der Waals surface area contributed by atoms with E-state index >= 15 is 0 Å². The van der Waals surface area contributed by atoms with Gasteiger partial charge in [0.05, 0.1) is 0 Å². The van der Waals surface area contributed by atoms with Gasteiger partial charge in [-0.15, -0.1) is 0 Å². The number of hydrogen-bond donors (Lipinski definition) is 0. The molecule has 7 nitrogen and oxygen atoms in total. The van der Waals surface area contributed by atoms with Crippen molar-refractivity contribution >= 4 is 18.0 Å². The molecule has 0 saturated carbocycles. The molecule has 0 aromatic heterocycles. The summed E-state index contributed by atoms with van der Waals surface area (Å²) in [4.78, 5) is 37.2. The van der Waals surface area contributed by atoms with Gasteiger partial charge in [0.1, 0.15) is 6.07 Å². The second-order valence-corrected chi connectivity index (χ2v) is 2.81. The third-order valence-electron chi connectivity index (χ3n) is 1.63. The van der Waals surface area contributed by atoms with Crippen molar-refractivity contribution in [2.75, 3.05) is 0 Å². The van der Waals surface area contributed by atoms with E-state index in [1.54, 1.807) is 6.07 Å². The van der Waals surface area contributed by atoms with Gasteiger partial charge in [-0.05, 0) is 6.92 Å². The minimum atomic E-state index is -1.24. The van der Waals surface area contributed by atoms with Crippen LogP contribution in [0, 0.1) is 11.3 Å². The summed E-state index contributed by atoms with van der Waals surface area (Å²) in [6.45, 7) is 1.33. The summed E-state index contributed by atoms with van der Waals surface area (Å²) >= 11 is 0. The van der Waals surface area contributed by atoms with Crippen LogP contribution in [0.3, 0.4) is 0 Å². The van der Waals surface area contributed by atoms with Gasteiger partial charge in [-0.1, -0.05) is 5.06 Å². The minimum absolute atomic E-state index is 0.0138. The minimum Gasteiger partial charge on any atom is -0.414 e. The molecule has 80 valence electrons. The summed E-state index contributed by atoms with van der Waals surface area (Å²) in [6.07, 6.45) is -2.21. The fourth-order valence-electron chi connectivity index (χ4n) is 0.925. The number of ether oxygens (including phenoxy) is 1. The quantitative estimate of drug-likeness (QED) is 0.476. The van der Waals surface area contributed by atoms with Crippen LogP contribution < -0.4 is 0 Å². The summed E-state index contributed by atoms with van der Waals surface area (Å²) < 4.78 is 4.39. The molecule has 1 fully saturated rings. The fraction of sp³-hybridized carbons (Fsp3) is 0.500. The molecule has 0 radical (unpaired) electrons. The highest BCUT2D eigenvalue weighted by Crippen LogP contribution is 2.12. The molecular formula is C8H8N2O5. The number of imide groups is 1. The van der Waals surface area contributed by atoms with Crippen molar-refractivity contribution < 1.29 is 24.0 Å². The first-order valence-corrected chi connectivity index (χ1v) is 4.18. The lowest BCUT2D eigenvalue weighted by molar-refractivity contribution is -0.177. The van der Waals surface area contributed by atoms with E-state index in [1.165, 1.54) is 6.92 Å². The number of carbonyl (C=O) groups is 3. The van der Waals surface area contributed by atoms with E-state index in [0.717, 1.165) is 0 Å². The van der Waals surface area contributed by atoms with E-state index in [4.69, 9.17) is 5.26 Å². The molecule has 1 aliphatic rings. The summed E-state index contributed by atoms with van der Waals surface area (Å²) in [5, 5.41) is 8.67. The molecule has 0 aromatic carbocycles. The van der Waals surface area contributed by atoms with Crippen molar-refractivity contribution in [1.82, 2.24) is 5.06 Å². The summed E-state index contributed by atoms with van der Waals surface area (Å²) in [6, 6.07) is 1.63. The van der Waals surface area contributed by atoms with E-state index in [-0.39, 0.29) is 12.8 Å². The summed E-state index contributed by atoms with van der Waals surface area (Å²) in [5.41, 5.74) is 0. The molecule has 0 aliphatic carbocycles. The first-order chi connectivity index (χ1) is 7.04. The molecule has 1 aliphatic heterocycles. The van der Waals surface area contributed by atoms with Crippen LogP contribution in [0.15, 0.2) is 0 Å². The average molecular weight is 212 g/mol. The van der Waals surface area contributed by atoms with Gasteiger partial charge in [0, 0.05) is 12.8 Å². The number of rotatable bonds is 2. The topological polar surface area (TPSA) is 96.7 Å². The van der Waals surface area contributed by atoms with E-state index in [2.05, 4.69) is 9.57 Å². The maximum atomic E-state index is 11.0. The molecule has 1 heterocycles. The van der Waals surface area contributed by atoms with Crippen LogP contribution in [0.5, 0.6) is 0 Å². The van der Waals surface area contributed by atoms with Crippen molar-refractivity contribution in [3.05, 3.63) is 0 Å². The van der Waals surface area contributed by atoms with E-state index in [9.17, 15) is 14.4 Å². The van der Waals surface area contributed by atoms with Gasteiger partial charge < -0.3 is 4.74 Å². The molecule has 0 spiro atoms. The number of nitrogens with zero attached hydrogens (tertiary/aromatic N) is 2. The van der Waals surface area contributed by atoms with Crippen LogP contribution in [0.1, 0.15) is 19.8 Å². The zero-order chi connectivity index (χ0) is 11.4. The van der Waals surface area contributed by atoms with Crippen LogP contribution in [0.4, 0.5) is 4.79 Å². The van der Waals surface area contributed by atoms with Crippen LogP contribution in [0.2, 0.25) is 0 Å². The maximum absolute atomic E-state index is 11.0. The number of carbonyl (C=O) groups excluding carboxylic acids is 3. The second kappa shape index (κ2) is 4.41. The highest BCUT2D eigenvalue weighted by Gasteiger charge is 2.33. The number of hydrogen-bond acceptors (Lipinski definition) is 6. The smallest absolute Gasteiger partial charge is 0.414 e. The lowest BCUT2D eigenvalue weighted by Gasteiger charge is -2.12. The Balaban J connectivity index is 2.48. The molecule has 0 bridgehead atoms. The molecular weight excluding hydrogens is 204 g/mol. The van der Waals surface area contributed by atoms with Gasteiger partial charge in [0.2, 0.25) is 0 Å². The first-order valence-electron chi connectivity index (χ1n) is 4.18. The molecule has 1 unspecified atom stereocenters. The third kappa shape index (κ3) is 2.67. The highest BCUT2D eigenvalue weighted by atomic mass is 16.8. The Morgan fingerprint density at radius 1 is 1.47 bits per heavy atom. The third-order valence-corrected chi connectivity index (χ3v) is 1.63. The Morgan fingerprint density at radius 2 is 2.00 bits per heavy atom. The lowest BCUT2D eigenvalue weighted by Crippen LogP contribution is -2.33. The second-order valence-electron chi connectivity index (χ2n) is 2.81. The van der Waals surface area contributed by atoms with Gasteiger partial charge >= 0.3 is 6.16 Å². The predicted molar refractivity (Wildman–Crippen MR) is 43.7 cm³/mol. The zero-order valence-electron chi connectivity index (χ0n) is 7.93. The fourth-order valence-corrected chi connectivity index (χ4v) is 0.925. The van der Waals surface area contributed by atoms with Gasteiger partial charge in [0.25, 0.3) is 11.8 Å². The Morgan fingerprint density at radius 3 is 2.47 bits per heavy atom. The summed E-state index contributed by atoms with van der Waals surface area (Å²) in [5.74, 6) is -1.19. The predicted octanol–water partition coefficient (Wildman–Crippen LogP) is 0.116. The monoisotopic (exact) mass is 212 g/mol. The van der Waals surface area contributed by atoms with Crippen molar-refractivity contribution in [2.45, 2.75) is 25.9 Å². The van der Waals surface area contributed by atoms with Gasteiger partial charge in [-0.3, -0.25) is 14.4 Å². The van der Waals surface area contributed by atoms with Gasteiger partial charge in [-0.25, -0.2) is 4.79 Å². The highest BCUT2D eigenvalue weighted by molar-refractivity contribution is 6.01. The van der Waals surface area contributed by atoms with Crippen molar-refractivity contribution in [1.29, 1.82) is 5.26 Å². The maximum Gasteiger partial charge on any atom is 0.535 e. The SMILES string of the molecule is CC(C#N)OC(=O)ON1C(=O)CCC1=O. The number of hydroxylamine groups is 2. The molecule has 0 aromatic rings. The molecule has 1 rings (SSSR count). The van der Waals surface area contributed by atoms with Crippen molar-refractivity contribution in [3.63, 3.8) is 0 Å².